The molecule has 0 saturated carbocycles. The Morgan fingerprint density at radius 2 is 2.00 bits per heavy atom. The second kappa shape index (κ2) is 8.04. The van der Waals surface area contributed by atoms with Gasteiger partial charge in [0.15, 0.2) is 0 Å². The van der Waals surface area contributed by atoms with Gasteiger partial charge in [0.1, 0.15) is 0 Å². The van der Waals surface area contributed by atoms with Gasteiger partial charge in [-0.2, -0.15) is 0 Å². The lowest BCUT2D eigenvalue weighted by molar-refractivity contribution is 0.145. The molecular formula is C13H30N2O. The monoisotopic (exact) mass is 230 g/mol. The summed E-state index contributed by atoms with van der Waals surface area (Å²) in [4.78, 5) is 2.31. The molecule has 1 atom stereocenters. The number of hydrogen-bond donors (Lipinski definition) is 2. The number of aliphatic hydroxyl groups excluding tert-OH is 1. The maximum atomic E-state index is 9.23. The summed E-state index contributed by atoms with van der Waals surface area (Å²) >= 11 is 0. The van der Waals surface area contributed by atoms with Gasteiger partial charge in [-0.25, -0.2) is 0 Å². The highest BCUT2D eigenvalue weighted by Crippen LogP contribution is 2.15. The second-order valence-corrected chi connectivity index (χ2v) is 5.72. The third-order valence-corrected chi connectivity index (χ3v) is 2.66. The van der Waals surface area contributed by atoms with Crippen molar-refractivity contribution in [3.8, 4) is 0 Å². The van der Waals surface area contributed by atoms with Crippen molar-refractivity contribution >= 4 is 0 Å². The van der Waals surface area contributed by atoms with Crippen LogP contribution < -0.4 is 5.32 Å². The lowest BCUT2D eigenvalue weighted by Crippen LogP contribution is -2.39. The van der Waals surface area contributed by atoms with Gasteiger partial charge in [-0.05, 0) is 38.8 Å². The fourth-order valence-electron chi connectivity index (χ4n) is 1.88. The zero-order chi connectivity index (χ0) is 12.6. The minimum absolute atomic E-state index is 0.191. The lowest BCUT2D eigenvalue weighted by atomic mass is 9.92. The lowest BCUT2D eigenvalue weighted by Gasteiger charge is -2.31. The van der Waals surface area contributed by atoms with Crippen molar-refractivity contribution in [1.82, 2.24) is 10.2 Å². The number of rotatable bonds is 9. The van der Waals surface area contributed by atoms with Crippen LogP contribution in [0, 0.1) is 5.41 Å². The van der Waals surface area contributed by atoms with Crippen LogP contribution in [0.5, 0.6) is 0 Å². The Bertz CT molecular complexity index is 169. The molecule has 0 bridgehead atoms. The second-order valence-electron chi connectivity index (χ2n) is 5.72. The molecule has 1 unspecified atom stereocenters. The minimum atomic E-state index is -0.191. The summed E-state index contributed by atoms with van der Waals surface area (Å²) in [5.41, 5.74) is 0.294. The van der Waals surface area contributed by atoms with Crippen LogP contribution in [0.2, 0.25) is 0 Å². The van der Waals surface area contributed by atoms with E-state index in [0.717, 1.165) is 32.6 Å². The van der Waals surface area contributed by atoms with Crippen LogP contribution in [0.25, 0.3) is 0 Å². The molecule has 0 rings (SSSR count). The normalized spacial score (nSPS) is 14.4. The molecule has 0 saturated heterocycles. The van der Waals surface area contributed by atoms with E-state index in [2.05, 4.69) is 38.0 Å². The van der Waals surface area contributed by atoms with E-state index >= 15 is 0 Å². The zero-order valence-corrected chi connectivity index (χ0v) is 11.7. The van der Waals surface area contributed by atoms with Crippen LogP contribution in [-0.2, 0) is 0 Å². The summed E-state index contributed by atoms with van der Waals surface area (Å²) in [5, 5.41) is 12.7. The van der Waals surface area contributed by atoms with E-state index in [-0.39, 0.29) is 6.10 Å². The SMILES string of the molecule is CCCNCC(C)(C)CN(C)CCC(C)O. The molecule has 0 aliphatic carbocycles. The topological polar surface area (TPSA) is 35.5 Å². The Hall–Kier alpha value is -0.120. The fourth-order valence-corrected chi connectivity index (χ4v) is 1.88. The number of aliphatic hydroxyl groups is 1. The van der Waals surface area contributed by atoms with E-state index in [0.29, 0.717) is 5.41 Å². The Labute approximate surface area is 101 Å². The van der Waals surface area contributed by atoms with Gasteiger partial charge in [0, 0.05) is 19.6 Å². The van der Waals surface area contributed by atoms with Gasteiger partial charge in [0.2, 0.25) is 0 Å². The van der Waals surface area contributed by atoms with E-state index in [1.54, 1.807) is 0 Å². The molecule has 0 aliphatic rings. The maximum absolute atomic E-state index is 9.23. The van der Waals surface area contributed by atoms with Gasteiger partial charge in [-0.3, -0.25) is 0 Å². The first-order chi connectivity index (χ1) is 7.37. The molecule has 0 radical (unpaired) electrons. The van der Waals surface area contributed by atoms with Crippen LogP contribution >= 0.6 is 0 Å². The highest BCUT2D eigenvalue weighted by atomic mass is 16.3. The van der Waals surface area contributed by atoms with Crippen LogP contribution in [0.15, 0.2) is 0 Å². The third kappa shape index (κ3) is 9.13. The van der Waals surface area contributed by atoms with Crippen LogP contribution in [-0.4, -0.2) is 49.3 Å². The molecule has 0 amide bonds. The van der Waals surface area contributed by atoms with Crippen molar-refractivity contribution < 1.29 is 5.11 Å². The van der Waals surface area contributed by atoms with Gasteiger partial charge in [0.25, 0.3) is 0 Å². The fraction of sp³-hybridized carbons (Fsp3) is 1.00. The van der Waals surface area contributed by atoms with E-state index < -0.39 is 0 Å². The van der Waals surface area contributed by atoms with Crippen LogP contribution in [0.3, 0.4) is 0 Å². The van der Waals surface area contributed by atoms with Gasteiger partial charge >= 0.3 is 0 Å². The van der Waals surface area contributed by atoms with E-state index in [1.807, 2.05) is 6.92 Å². The summed E-state index contributed by atoms with van der Waals surface area (Å²) in [6.45, 7) is 12.8. The van der Waals surface area contributed by atoms with Gasteiger partial charge < -0.3 is 15.3 Å². The molecule has 0 heterocycles. The number of hydrogen-bond acceptors (Lipinski definition) is 3. The van der Waals surface area contributed by atoms with Crippen LogP contribution in [0.1, 0.15) is 40.5 Å². The molecule has 0 aromatic carbocycles. The first kappa shape index (κ1) is 15.9. The standard InChI is InChI=1S/C13H30N2O/c1-6-8-14-10-13(3,4)11-15(5)9-7-12(2)16/h12,14,16H,6-11H2,1-5H3. The van der Waals surface area contributed by atoms with Crippen molar-refractivity contribution in [3.05, 3.63) is 0 Å². The molecule has 3 nitrogen and oxygen atoms in total. The number of nitrogens with zero attached hydrogens (tertiary/aromatic N) is 1. The van der Waals surface area contributed by atoms with Crippen molar-refractivity contribution in [3.63, 3.8) is 0 Å². The van der Waals surface area contributed by atoms with Crippen molar-refractivity contribution in [2.75, 3.05) is 33.2 Å². The summed E-state index contributed by atoms with van der Waals surface area (Å²) in [7, 11) is 2.13. The average Bonchev–Trinajstić information content (AvgIpc) is 2.14. The molecule has 2 N–H and O–H groups in total. The first-order valence-corrected chi connectivity index (χ1v) is 6.44. The summed E-state index contributed by atoms with van der Waals surface area (Å²) in [5.74, 6) is 0. The van der Waals surface area contributed by atoms with Crippen molar-refractivity contribution in [1.29, 1.82) is 0 Å². The van der Waals surface area contributed by atoms with Gasteiger partial charge in [-0.1, -0.05) is 20.8 Å². The Morgan fingerprint density at radius 1 is 1.38 bits per heavy atom. The molecule has 0 aromatic heterocycles. The predicted molar refractivity (Wildman–Crippen MR) is 70.7 cm³/mol. The average molecular weight is 230 g/mol. The van der Waals surface area contributed by atoms with Gasteiger partial charge in [0.05, 0.1) is 6.10 Å². The molecule has 0 fully saturated rings. The van der Waals surface area contributed by atoms with Crippen molar-refractivity contribution in [2.24, 2.45) is 5.41 Å². The highest BCUT2D eigenvalue weighted by Gasteiger charge is 2.19. The molecular weight excluding hydrogens is 200 g/mol. The van der Waals surface area contributed by atoms with E-state index in [1.165, 1.54) is 6.42 Å². The highest BCUT2D eigenvalue weighted by molar-refractivity contribution is 4.75. The van der Waals surface area contributed by atoms with Crippen LogP contribution in [0.4, 0.5) is 0 Å². The minimum Gasteiger partial charge on any atom is -0.393 e. The Kier molecular flexibility index (Phi) is 7.98. The van der Waals surface area contributed by atoms with Gasteiger partial charge in [-0.15, -0.1) is 0 Å². The molecule has 0 aliphatic heterocycles. The van der Waals surface area contributed by atoms with Crippen molar-refractivity contribution in [2.45, 2.75) is 46.6 Å². The smallest absolute Gasteiger partial charge is 0.0524 e. The Morgan fingerprint density at radius 3 is 2.50 bits per heavy atom. The quantitative estimate of drug-likeness (QED) is 0.592. The number of nitrogens with one attached hydrogen (secondary N) is 1. The molecule has 98 valence electrons. The molecule has 3 heteroatoms. The first-order valence-electron chi connectivity index (χ1n) is 6.44. The summed E-state index contributed by atoms with van der Waals surface area (Å²) in [6.07, 6.45) is 1.85. The van der Waals surface area contributed by atoms with E-state index in [9.17, 15) is 5.11 Å². The third-order valence-electron chi connectivity index (χ3n) is 2.66. The molecule has 0 spiro atoms. The summed E-state index contributed by atoms with van der Waals surface area (Å²) < 4.78 is 0. The molecule has 0 aromatic rings. The van der Waals surface area contributed by atoms with E-state index in [4.69, 9.17) is 0 Å². The Balaban J connectivity index is 3.76. The molecule has 16 heavy (non-hydrogen) atoms. The zero-order valence-electron chi connectivity index (χ0n) is 11.7. The maximum Gasteiger partial charge on any atom is 0.0524 e. The largest absolute Gasteiger partial charge is 0.393 e. The summed E-state index contributed by atoms with van der Waals surface area (Å²) in [6, 6.07) is 0. The predicted octanol–water partition coefficient (Wildman–Crippen LogP) is 1.71.